The number of hydrogen-bond donors (Lipinski definition) is 2. The van der Waals surface area contributed by atoms with Crippen molar-refractivity contribution in [2.75, 3.05) is 0 Å². The third-order valence-corrected chi connectivity index (χ3v) is 3.58. The van der Waals surface area contributed by atoms with Gasteiger partial charge in [-0.25, -0.2) is 4.79 Å². The number of nitrogens with one attached hydrogen (secondary N) is 1. The fourth-order valence-electron chi connectivity index (χ4n) is 2.54. The minimum atomic E-state index is -1.09. The lowest BCUT2D eigenvalue weighted by Gasteiger charge is -2.27. The minimum absolute atomic E-state index is 0.0708. The number of hydrogen-bond acceptors (Lipinski definition) is 3. The van der Waals surface area contributed by atoms with Gasteiger partial charge in [-0.2, -0.15) is 0 Å². The maximum Gasteiger partial charge on any atom is 0.326 e. The number of carbonyl (C=O) groups is 3. The summed E-state index contributed by atoms with van der Waals surface area (Å²) in [6.07, 6.45) is 2.08. The molecule has 2 atom stereocenters. The van der Waals surface area contributed by atoms with Crippen molar-refractivity contribution in [3.63, 3.8) is 0 Å². The molecule has 1 aliphatic rings. The predicted octanol–water partition coefficient (Wildman–Crippen LogP) is 1.63. The fourth-order valence-corrected chi connectivity index (χ4v) is 2.54. The third kappa shape index (κ3) is 3.44. The van der Waals surface area contributed by atoms with Gasteiger partial charge in [0.05, 0.1) is 0 Å². The summed E-state index contributed by atoms with van der Waals surface area (Å²) in [5.74, 6) is -1.76. The van der Waals surface area contributed by atoms with E-state index in [4.69, 9.17) is 0 Å². The molecule has 0 aromatic heterocycles. The monoisotopic (exact) mass is 275 g/mol. The van der Waals surface area contributed by atoms with Crippen molar-refractivity contribution in [1.82, 2.24) is 5.32 Å². The molecule has 1 aliphatic carbocycles. The lowest BCUT2D eigenvalue weighted by atomic mass is 9.83. The molecule has 1 amide bonds. The predicted molar refractivity (Wildman–Crippen MR) is 72.3 cm³/mol. The largest absolute Gasteiger partial charge is 0.480 e. The number of rotatable bonds is 4. The van der Waals surface area contributed by atoms with Crippen LogP contribution in [0.4, 0.5) is 0 Å². The van der Waals surface area contributed by atoms with Crippen LogP contribution in [-0.2, 0) is 9.59 Å². The first-order valence-electron chi connectivity index (χ1n) is 6.68. The molecule has 5 heteroatoms. The first-order valence-corrected chi connectivity index (χ1v) is 6.68. The second-order valence-corrected chi connectivity index (χ2v) is 5.05. The zero-order valence-electron chi connectivity index (χ0n) is 11.0. The second kappa shape index (κ2) is 6.32. The Bertz CT molecular complexity index is 512. The fraction of sp³-hybridized carbons (Fsp3) is 0.400. The lowest BCUT2D eigenvalue weighted by Crippen LogP contribution is -2.47. The van der Waals surface area contributed by atoms with Gasteiger partial charge in [0, 0.05) is 18.4 Å². The van der Waals surface area contributed by atoms with Crippen molar-refractivity contribution in [2.24, 2.45) is 5.92 Å². The third-order valence-electron chi connectivity index (χ3n) is 3.58. The molecule has 0 saturated heterocycles. The van der Waals surface area contributed by atoms with Crippen molar-refractivity contribution in [3.05, 3.63) is 35.9 Å². The Balaban J connectivity index is 2.08. The molecule has 0 radical (unpaired) electrons. The summed E-state index contributed by atoms with van der Waals surface area (Å²) in [6.45, 7) is 0. The molecule has 1 fully saturated rings. The average molecular weight is 275 g/mol. The molecule has 0 bridgehead atoms. The van der Waals surface area contributed by atoms with Crippen LogP contribution in [0.1, 0.15) is 36.0 Å². The normalized spacial score (nSPS) is 20.2. The number of Topliss-reactive ketones (excluding diaryl/α,β-unsaturated/α-hetero) is 1. The molecule has 1 saturated carbocycles. The first kappa shape index (κ1) is 14.2. The molecule has 106 valence electrons. The minimum Gasteiger partial charge on any atom is -0.480 e. The van der Waals surface area contributed by atoms with Crippen LogP contribution >= 0.6 is 0 Å². The van der Waals surface area contributed by atoms with Crippen molar-refractivity contribution in [3.8, 4) is 0 Å². The van der Waals surface area contributed by atoms with Gasteiger partial charge in [0.25, 0.3) is 5.91 Å². The van der Waals surface area contributed by atoms with Gasteiger partial charge < -0.3 is 10.4 Å². The molecule has 0 aliphatic heterocycles. The number of carboxylic acids is 1. The van der Waals surface area contributed by atoms with Gasteiger partial charge in [0.15, 0.2) is 0 Å². The highest BCUT2D eigenvalue weighted by atomic mass is 16.4. The number of carboxylic acid groups (broad SMARTS) is 1. The molecule has 2 N–H and O–H groups in total. The quantitative estimate of drug-likeness (QED) is 0.874. The Morgan fingerprint density at radius 2 is 1.95 bits per heavy atom. The van der Waals surface area contributed by atoms with Gasteiger partial charge >= 0.3 is 5.97 Å². The zero-order valence-corrected chi connectivity index (χ0v) is 11.0. The summed E-state index contributed by atoms with van der Waals surface area (Å²) < 4.78 is 0. The highest BCUT2D eigenvalue weighted by Crippen LogP contribution is 2.24. The van der Waals surface area contributed by atoms with Crippen molar-refractivity contribution in [2.45, 2.75) is 31.7 Å². The van der Waals surface area contributed by atoms with Crippen LogP contribution < -0.4 is 5.32 Å². The number of aliphatic carboxylic acids is 1. The van der Waals surface area contributed by atoms with Crippen molar-refractivity contribution < 1.29 is 19.5 Å². The maximum absolute atomic E-state index is 12.0. The summed E-state index contributed by atoms with van der Waals surface area (Å²) in [7, 11) is 0. The zero-order chi connectivity index (χ0) is 14.5. The Labute approximate surface area is 117 Å². The molecule has 0 unspecified atom stereocenters. The second-order valence-electron chi connectivity index (χ2n) is 5.05. The van der Waals surface area contributed by atoms with E-state index in [2.05, 4.69) is 5.32 Å². The average Bonchev–Trinajstić information content (AvgIpc) is 2.45. The van der Waals surface area contributed by atoms with Gasteiger partial charge in [-0.1, -0.05) is 18.2 Å². The van der Waals surface area contributed by atoms with E-state index in [1.165, 1.54) is 0 Å². The van der Waals surface area contributed by atoms with Gasteiger partial charge in [0.2, 0.25) is 0 Å². The number of ketones is 1. The SMILES string of the molecule is O=C1CCC[C@H]([C@@H](NC(=O)c2ccccc2)C(=O)O)C1. The van der Waals surface area contributed by atoms with E-state index in [9.17, 15) is 19.5 Å². The van der Waals surface area contributed by atoms with Crippen LogP contribution in [0.5, 0.6) is 0 Å². The van der Waals surface area contributed by atoms with Crippen LogP contribution in [0.15, 0.2) is 30.3 Å². The van der Waals surface area contributed by atoms with Gasteiger partial charge in [0.1, 0.15) is 11.8 Å². The van der Waals surface area contributed by atoms with Crippen LogP contribution in [0, 0.1) is 5.92 Å². The Morgan fingerprint density at radius 1 is 1.25 bits per heavy atom. The van der Waals surface area contributed by atoms with Gasteiger partial charge in [-0.05, 0) is 30.9 Å². The summed E-state index contributed by atoms with van der Waals surface area (Å²) in [4.78, 5) is 34.8. The highest BCUT2D eigenvalue weighted by molar-refractivity contribution is 5.96. The summed E-state index contributed by atoms with van der Waals surface area (Å²) >= 11 is 0. The van der Waals surface area contributed by atoms with E-state index < -0.39 is 17.9 Å². The lowest BCUT2D eigenvalue weighted by molar-refractivity contribution is -0.141. The van der Waals surface area contributed by atoms with Crippen LogP contribution in [-0.4, -0.2) is 28.8 Å². The van der Waals surface area contributed by atoms with Crippen molar-refractivity contribution in [1.29, 1.82) is 0 Å². The number of carbonyl (C=O) groups excluding carboxylic acids is 2. The number of benzene rings is 1. The molecular weight excluding hydrogens is 258 g/mol. The molecule has 1 aromatic carbocycles. The van der Waals surface area contributed by atoms with E-state index in [0.717, 1.165) is 0 Å². The van der Waals surface area contributed by atoms with E-state index in [1.54, 1.807) is 30.3 Å². The van der Waals surface area contributed by atoms with E-state index in [0.29, 0.717) is 24.8 Å². The smallest absolute Gasteiger partial charge is 0.326 e. The highest BCUT2D eigenvalue weighted by Gasteiger charge is 2.33. The first-order chi connectivity index (χ1) is 9.58. The summed E-state index contributed by atoms with van der Waals surface area (Å²) in [6, 6.07) is 7.46. The topological polar surface area (TPSA) is 83.5 Å². The molecular formula is C15H17NO4. The Hall–Kier alpha value is -2.17. The molecule has 5 nitrogen and oxygen atoms in total. The van der Waals surface area contributed by atoms with Gasteiger partial charge in [-0.3, -0.25) is 9.59 Å². The molecule has 20 heavy (non-hydrogen) atoms. The Kier molecular flexibility index (Phi) is 4.50. The van der Waals surface area contributed by atoms with E-state index in [1.807, 2.05) is 0 Å². The van der Waals surface area contributed by atoms with Crippen molar-refractivity contribution >= 4 is 17.7 Å². The molecule has 0 heterocycles. The van der Waals surface area contributed by atoms with E-state index in [-0.39, 0.29) is 18.1 Å². The molecule has 0 spiro atoms. The molecule has 1 aromatic rings. The maximum atomic E-state index is 12.0. The Morgan fingerprint density at radius 3 is 2.55 bits per heavy atom. The van der Waals surface area contributed by atoms with Crippen LogP contribution in [0.3, 0.4) is 0 Å². The summed E-state index contributed by atoms with van der Waals surface area (Å²) in [5, 5.41) is 11.8. The van der Waals surface area contributed by atoms with E-state index >= 15 is 0 Å². The van der Waals surface area contributed by atoms with Gasteiger partial charge in [-0.15, -0.1) is 0 Å². The standard InChI is InChI=1S/C15H17NO4/c17-12-8-4-7-11(9-12)13(15(19)20)16-14(18)10-5-2-1-3-6-10/h1-3,5-6,11,13H,4,7-9H2,(H,16,18)(H,19,20)/t11-,13+/m0/s1. The molecule has 2 rings (SSSR count). The van der Waals surface area contributed by atoms with Crippen LogP contribution in [0.2, 0.25) is 0 Å². The number of amides is 1. The summed E-state index contributed by atoms with van der Waals surface area (Å²) in [5.41, 5.74) is 0.417. The van der Waals surface area contributed by atoms with Crippen LogP contribution in [0.25, 0.3) is 0 Å².